The number of amides is 2. The van der Waals surface area contributed by atoms with Crippen LogP contribution < -0.4 is 16.2 Å². The molecule has 104 valence electrons. The molecule has 0 aliphatic heterocycles. The van der Waals surface area contributed by atoms with Crippen molar-refractivity contribution in [1.82, 2.24) is 15.7 Å². The van der Waals surface area contributed by atoms with Crippen molar-refractivity contribution in [3.05, 3.63) is 24.4 Å². The fourth-order valence-corrected chi connectivity index (χ4v) is 1.08. The standard InChI is InChI=1S/C12H18N4O3/c1-12(2,3)19-11(18)14-8-10(17)16-15-9-6-4-5-7-13-9/h4-7H,8H2,1-3H3,(H,13,15)(H,14,18)(H,16,17). The third kappa shape index (κ3) is 6.87. The molecule has 1 rings (SSSR count). The maximum Gasteiger partial charge on any atom is 0.408 e. The van der Waals surface area contributed by atoms with E-state index in [4.69, 9.17) is 4.74 Å². The number of hydrazine groups is 1. The van der Waals surface area contributed by atoms with E-state index in [1.54, 1.807) is 45.2 Å². The van der Waals surface area contributed by atoms with Crippen molar-refractivity contribution in [3.8, 4) is 0 Å². The second-order valence-electron chi connectivity index (χ2n) is 4.74. The van der Waals surface area contributed by atoms with Crippen molar-refractivity contribution in [3.63, 3.8) is 0 Å². The summed E-state index contributed by atoms with van der Waals surface area (Å²) >= 11 is 0. The molecule has 0 aromatic carbocycles. The average molecular weight is 266 g/mol. The third-order valence-corrected chi connectivity index (χ3v) is 1.79. The molecule has 7 heteroatoms. The number of carbonyl (C=O) groups excluding carboxylic acids is 2. The van der Waals surface area contributed by atoms with Gasteiger partial charge in [-0.1, -0.05) is 6.07 Å². The molecule has 0 fully saturated rings. The van der Waals surface area contributed by atoms with Crippen molar-refractivity contribution in [2.24, 2.45) is 0 Å². The minimum atomic E-state index is -0.638. The van der Waals surface area contributed by atoms with Crippen molar-refractivity contribution >= 4 is 17.8 Å². The van der Waals surface area contributed by atoms with Gasteiger partial charge in [-0.3, -0.25) is 15.6 Å². The summed E-state index contributed by atoms with van der Waals surface area (Å²) in [5.74, 6) is 0.102. The van der Waals surface area contributed by atoms with E-state index in [-0.39, 0.29) is 6.54 Å². The van der Waals surface area contributed by atoms with E-state index in [1.165, 1.54) is 0 Å². The Morgan fingerprint density at radius 2 is 2.05 bits per heavy atom. The van der Waals surface area contributed by atoms with Crippen molar-refractivity contribution < 1.29 is 14.3 Å². The van der Waals surface area contributed by atoms with Gasteiger partial charge in [-0.15, -0.1) is 0 Å². The van der Waals surface area contributed by atoms with Gasteiger partial charge in [-0.25, -0.2) is 9.78 Å². The Morgan fingerprint density at radius 1 is 1.32 bits per heavy atom. The summed E-state index contributed by atoms with van der Waals surface area (Å²) in [7, 11) is 0. The predicted molar refractivity (Wildman–Crippen MR) is 70.2 cm³/mol. The van der Waals surface area contributed by atoms with E-state index >= 15 is 0 Å². The van der Waals surface area contributed by atoms with Crippen LogP contribution in [0.1, 0.15) is 20.8 Å². The molecular weight excluding hydrogens is 248 g/mol. The van der Waals surface area contributed by atoms with Gasteiger partial charge in [0.25, 0.3) is 5.91 Å². The van der Waals surface area contributed by atoms with E-state index < -0.39 is 17.6 Å². The monoisotopic (exact) mass is 266 g/mol. The summed E-state index contributed by atoms with van der Waals surface area (Å²) in [4.78, 5) is 26.7. The molecule has 0 unspecified atom stereocenters. The Kier molecular flexibility index (Phi) is 5.11. The second kappa shape index (κ2) is 6.58. The summed E-state index contributed by atoms with van der Waals surface area (Å²) in [5.41, 5.74) is 4.42. The SMILES string of the molecule is CC(C)(C)OC(=O)NCC(=O)NNc1ccccn1. The summed E-state index contributed by atoms with van der Waals surface area (Å²) in [6.45, 7) is 5.05. The van der Waals surface area contributed by atoms with Gasteiger partial charge in [0, 0.05) is 6.20 Å². The van der Waals surface area contributed by atoms with E-state index in [1.807, 2.05) is 0 Å². The van der Waals surface area contributed by atoms with E-state index in [9.17, 15) is 9.59 Å². The number of aromatic nitrogens is 1. The number of hydrogen-bond acceptors (Lipinski definition) is 5. The number of rotatable bonds is 4. The number of nitrogens with zero attached hydrogens (tertiary/aromatic N) is 1. The van der Waals surface area contributed by atoms with Crippen LogP contribution >= 0.6 is 0 Å². The number of alkyl carbamates (subject to hydrolysis) is 1. The first-order valence-electron chi connectivity index (χ1n) is 5.79. The van der Waals surface area contributed by atoms with E-state index in [0.717, 1.165) is 0 Å². The van der Waals surface area contributed by atoms with E-state index in [2.05, 4.69) is 21.2 Å². The molecule has 0 saturated heterocycles. The summed E-state index contributed by atoms with van der Waals surface area (Å²) < 4.78 is 4.99. The van der Waals surface area contributed by atoms with Gasteiger partial charge >= 0.3 is 6.09 Å². The topological polar surface area (TPSA) is 92.3 Å². The normalized spacial score (nSPS) is 10.5. The van der Waals surface area contributed by atoms with Gasteiger partial charge < -0.3 is 10.1 Å². The molecule has 1 aromatic rings. The minimum absolute atomic E-state index is 0.186. The maximum atomic E-state index is 11.4. The van der Waals surface area contributed by atoms with Crippen LogP contribution in [0.25, 0.3) is 0 Å². The first-order valence-corrected chi connectivity index (χ1v) is 5.79. The lowest BCUT2D eigenvalue weighted by Crippen LogP contribution is -2.41. The largest absolute Gasteiger partial charge is 0.444 e. The highest BCUT2D eigenvalue weighted by molar-refractivity contribution is 5.82. The first kappa shape index (κ1) is 14.7. The smallest absolute Gasteiger partial charge is 0.408 e. The Balaban J connectivity index is 2.23. The van der Waals surface area contributed by atoms with Gasteiger partial charge in [0.15, 0.2) is 0 Å². The van der Waals surface area contributed by atoms with Crippen molar-refractivity contribution in [2.75, 3.05) is 12.0 Å². The lowest BCUT2D eigenvalue weighted by atomic mass is 10.2. The minimum Gasteiger partial charge on any atom is -0.444 e. The van der Waals surface area contributed by atoms with Crippen LogP contribution in [-0.2, 0) is 9.53 Å². The van der Waals surface area contributed by atoms with E-state index in [0.29, 0.717) is 5.82 Å². The number of ether oxygens (including phenoxy) is 1. The zero-order chi connectivity index (χ0) is 14.3. The van der Waals surface area contributed by atoms with Crippen LogP contribution in [0.4, 0.5) is 10.6 Å². The second-order valence-corrected chi connectivity index (χ2v) is 4.74. The fraction of sp³-hybridized carbons (Fsp3) is 0.417. The predicted octanol–water partition coefficient (Wildman–Crippen LogP) is 1.05. The highest BCUT2D eigenvalue weighted by Crippen LogP contribution is 2.06. The Bertz CT molecular complexity index is 428. The molecule has 0 aliphatic rings. The number of nitrogens with one attached hydrogen (secondary N) is 3. The van der Waals surface area contributed by atoms with Gasteiger partial charge in [-0.2, -0.15) is 0 Å². The lowest BCUT2D eigenvalue weighted by Gasteiger charge is -2.19. The van der Waals surface area contributed by atoms with Gasteiger partial charge in [0.2, 0.25) is 0 Å². The quantitative estimate of drug-likeness (QED) is 0.708. The Labute approximate surface area is 111 Å². The van der Waals surface area contributed by atoms with Crippen LogP contribution in [0, 0.1) is 0 Å². The molecule has 19 heavy (non-hydrogen) atoms. The van der Waals surface area contributed by atoms with Crippen LogP contribution in [0.2, 0.25) is 0 Å². The summed E-state index contributed by atoms with van der Waals surface area (Å²) in [5, 5.41) is 2.34. The molecule has 1 aromatic heterocycles. The van der Waals surface area contributed by atoms with Gasteiger partial charge in [0.05, 0.1) is 0 Å². The zero-order valence-electron chi connectivity index (χ0n) is 11.2. The third-order valence-electron chi connectivity index (χ3n) is 1.79. The number of carbonyl (C=O) groups is 2. The maximum absolute atomic E-state index is 11.4. The van der Waals surface area contributed by atoms with Crippen LogP contribution in [0.5, 0.6) is 0 Å². The molecular formula is C12H18N4O3. The van der Waals surface area contributed by atoms with Crippen LogP contribution in [0.15, 0.2) is 24.4 Å². The van der Waals surface area contributed by atoms with Crippen LogP contribution in [-0.4, -0.2) is 29.1 Å². The van der Waals surface area contributed by atoms with Crippen molar-refractivity contribution in [1.29, 1.82) is 0 Å². The highest BCUT2D eigenvalue weighted by atomic mass is 16.6. The molecule has 3 N–H and O–H groups in total. The molecule has 0 radical (unpaired) electrons. The fourth-order valence-electron chi connectivity index (χ4n) is 1.08. The number of anilines is 1. The summed E-state index contributed by atoms with van der Waals surface area (Å²) in [6, 6.07) is 5.24. The molecule has 0 spiro atoms. The highest BCUT2D eigenvalue weighted by Gasteiger charge is 2.16. The Hall–Kier alpha value is -2.31. The molecule has 0 atom stereocenters. The number of hydrogen-bond donors (Lipinski definition) is 3. The Morgan fingerprint density at radius 3 is 2.63 bits per heavy atom. The lowest BCUT2D eigenvalue weighted by molar-refractivity contribution is -0.119. The molecule has 0 aliphatic carbocycles. The van der Waals surface area contributed by atoms with Crippen molar-refractivity contribution in [2.45, 2.75) is 26.4 Å². The molecule has 0 bridgehead atoms. The van der Waals surface area contributed by atoms with Gasteiger partial charge in [-0.05, 0) is 32.9 Å². The van der Waals surface area contributed by atoms with Gasteiger partial charge in [0.1, 0.15) is 18.0 Å². The summed E-state index contributed by atoms with van der Waals surface area (Å²) in [6.07, 6.45) is 0.952. The number of pyridine rings is 1. The van der Waals surface area contributed by atoms with Crippen LogP contribution in [0.3, 0.4) is 0 Å². The first-order chi connectivity index (χ1) is 8.87. The zero-order valence-corrected chi connectivity index (χ0v) is 11.2. The average Bonchev–Trinajstić information content (AvgIpc) is 2.33. The molecule has 1 heterocycles. The molecule has 7 nitrogen and oxygen atoms in total. The molecule has 2 amide bonds. The molecule has 0 saturated carbocycles.